The number of rotatable bonds is 4. The van der Waals surface area contributed by atoms with E-state index >= 15 is 0 Å². The summed E-state index contributed by atoms with van der Waals surface area (Å²) in [5.41, 5.74) is 7.78. The van der Waals surface area contributed by atoms with Gasteiger partial charge in [0.2, 0.25) is 5.91 Å². The minimum absolute atomic E-state index is 0.0105. The van der Waals surface area contributed by atoms with Crippen LogP contribution in [-0.4, -0.2) is 48.6 Å². The number of carbonyl (C=O) groups is 1. The van der Waals surface area contributed by atoms with E-state index in [4.69, 9.17) is 15.5 Å². The molecule has 3 N–H and O–H groups in total. The number of fused-ring (bicyclic) bond motifs is 1. The minimum Gasteiger partial charge on any atom is -0.494 e. The summed E-state index contributed by atoms with van der Waals surface area (Å²) in [5.74, 6) is 0.765. The molecule has 1 saturated heterocycles. The topological polar surface area (TPSA) is 80.5 Å². The predicted octanol–water partition coefficient (Wildman–Crippen LogP) is 0.891. The molecule has 1 fully saturated rings. The zero-order valence-electron chi connectivity index (χ0n) is 13.5. The van der Waals surface area contributed by atoms with E-state index in [1.165, 1.54) is 0 Å². The maximum absolute atomic E-state index is 12.0. The van der Waals surface area contributed by atoms with E-state index in [2.05, 4.69) is 10.2 Å². The van der Waals surface area contributed by atoms with Crippen LogP contribution in [0.1, 0.15) is 12.1 Å². The second-order valence-corrected chi connectivity index (χ2v) is 5.89. The highest BCUT2D eigenvalue weighted by Crippen LogP contribution is 2.25. The molecule has 1 aromatic heterocycles. The third kappa shape index (κ3) is 3.13. The lowest BCUT2D eigenvalue weighted by Gasteiger charge is -2.22. The average molecular weight is 314 g/mol. The van der Waals surface area contributed by atoms with Crippen molar-refractivity contribution in [1.29, 1.82) is 0 Å². The maximum Gasteiger partial charge on any atom is 0.237 e. The van der Waals surface area contributed by atoms with Crippen LogP contribution in [0.4, 0.5) is 0 Å². The first-order chi connectivity index (χ1) is 11.1. The van der Waals surface area contributed by atoms with Crippen LogP contribution in [0.5, 0.6) is 5.75 Å². The van der Waals surface area contributed by atoms with Crippen molar-refractivity contribution in [1.82, 2.24) is 15.2 Å². The molecule has 0 saturated carbocycles. The van der Waals surface area contributed by atoms with Gasteiger partial charge in [0.15, 0.2) is 0 Å². The highest BCUT2D eigenvalue weighted by Gasteiger charge is 2.34. The SMILES string of the molecule is CNC(=O)[C@@H]1C[C@@H](N)CN1Cc1ccc2cccc(OC)c2n1. The molecule has 23 heavy (non-hydrogen) atoms. The number of hydrogen-bond donors (Lipinski definition) is 2. The van der Waals surface area contributed by atoms with Crippen LogP contribution >= 0.6 is 0 Å². The molecule has 0 bridgehead atoms. The van der Waals surface area contributed by atoms with Crippen molar-refractivity contribution < 1.29 is 9.53 Å². The number of methoxy groups -OCH3 is 1. The highest BCUT2D eigenvalue weighted by atomic mass is 16.5. The zero-order valence-corrected chi connectivity index (χ0v) is 13.5. The number of aromatic nitrogens is 1. The van der Waals surface area contributed by atoms with Gasteiger partial charge in [-0.15, -0.1) is 0 Å². The number of pyridine rings is 1. The van der Waals surface area contributed by atoms with Gasteiger partial charge in [-0.3, -0.25) is 9.69 Å². The molecule has 1 amide bonds. The molecule has 0 aliphatic carbocycles. The smallest absolute Gasteiger partial charge is 0.237 e. The number of likely N-dealkylation sites (tertiary alicyclic amines) is 1. The van der Waals surface area contributed by atoms with E-state index in [-0.39, 0.29) is 18.0 Å². The first-order valence-corrected chi connectivity index (χ1v) is 7.76. The third-order valence-electron chi connectivity index (χ3n) is 4.31. The lowest BCUT2D eigenvalue weighted by molar-refractivity contribution is -0.125. The Hall–Kier alpha value is -2.18. The fraction of sp³-hybridized carbons (Fsp3) is 0.412. The van der Waals surface area contributed by atoms with Gasteiger partial charge in [-0.05, 0) is 18.6 Å². The molecule has 0 unspecified atom stereocenters. The summed E-state index contributed by atoms with van der Waals surface area (Å²) < 4.78 is 5.39. The van der Waals surface area contributed by atoms with Crippen LogP contribution in [-0.2, 0) is 11.3 Å². The van der Waals surface area contributed by atoms with Gasteiger partial charge in [0.1, 0.15) is 11.3 Å². The Bertz CT molecular complexity index is 719. The van der Waals surface area contributed by atoms with Crippen LogP contribution in [0.3, 0.4) is 0 Å². The summed E-state index contributed by atoms with van der Waals surface area (Å²) in [4.78, 5) is 18.8. The summed E-state index contributed by atoms with van der Waals surface area (Å²) in [5, 5.41) is 3.75. The number of para-hydroxylation sites is 1. The monoisotopic (exact) mass is 314 g/mol. The molecule has 1 aliphatic heterocycles. The Morgan fingerprint density at radius 1 is 1.43 bits per heavy atom. The Morgan fingerprint density at radius 3 is 3.00 bits per heavy atom. The molecule has 1 aromatic carbocycles. The van der Waals surface area contributed by atoms with Crippen molar-refractivity contribution in [3.05, 3.63) is 36.0 Å². The molecule has 3 rings (SSSR count). The first kappa shape index (κ1) is 15.7. The van der Waals surface area contributed by atoms with Crippen LogP contribution in [0.2, 0.25) is 0 Å². The zero-order chi connectivity index (χ0) is 16.4. The van der Waals surface area contributed by atoms with Crippen molar-refractivity contribution >= 4 is 16.8 Å². The number of nitrogens with one attached hydrogen (secondary N) is 1. The van der Waals surface area contributed by atoms with E-state index in [1.54, 1.807) is 14.2 Å². The lowest BCUT2D eigenvalue weighted by atomic mass is 10.1. The number of benzene rings is 1. The molecule has 2 aromatic rings. The molecule has 0 spiro atoms. The lowest BCUT2D eigenvalue weighted by Crippen LogP contribution is -2.41. The first-order valence-electron chi connectivity index (χ1n) is 7.76. The number of likely N-dealkylation sites (N-methyl/N-ethyl adjacent to an activating group) is 1. The molecular weight excluding hydrogens is 292 g/mol. The van der Waals surface area contributed by atoms with E-state index < -0.39 is 0 Å². The van der Waals surface area contributed by atoms with Crippen molar-refractivity contribution in [2.75, 3.05) is 20.7 Å². The van der Waals surface area contributed by atoms with E-state index in [0.717, 1.165) is 22.3 Å². The molecule has 6 nitrogen and oxygen atoms in total. The molecule has 2 heterocycles. The average Bonchev–Trinajstić information content (AvgIpc) is 2.93. The number of ether oxygens (including phenoxy) is 1. The summed E-state index contributed by atoms with van der Waals surface area (Å²) in [6, 6.07) is 9.71. The Balaban J connectivity index is 1.87. The van der Waals surface area contributed by atoms with E-state index in [1.807, 2.05) is 30.3 Å². The summed E-state index contributed by atoms with van der Waals surface area (Å²) in [6.45, 7) is 1.30. The van der Waals surface area contributed by atoms with Gasteiger partial charge in [-0.1, -0.05) is 18.2 Å². The summed E-state index contributed by atoms with van der Waals surface area (Å²) >= 11 is 0. The number of hydrogen-bond acceptors (Lipinski definition) is 5. The van der Waals surface area contributed by atoms with E-state index in [0.29, 0.717) is 19.5 Å². The van der Waals surface area contributed by atoms with Crippen molar-refractivity contribution in [2.24, 2.45) is 5.73 Å². The van der Waals surface area contributed by atoms with Gasteiger partial charge in [-0.2, -0.15) is 0 Å². The summed E-state index contributed by atoms with van der Waals surface area (Å²) in [7, 11) is 3.30. The number of amides is 1. The standard InChI is InChI=1S/C17H22N4O2/c1-19-17(22)14-8-12(18)9-21(14)10-13-7-6-11-4-3-5-15(23-2)16(11)20-13/h3-7,12,14H,8-10,18H2,1-2H3,(H,19,22)/t12-,14+/m1/s1. The Labute approximate surface area is 135 Å². The second-order valence-electron chi connectivity index (χ2n) is 5.89. The molecule has 2 atom stereocenters. The van der Waals surface area contributed by atoms with Crippen molar-refractivity contribution in [3.63, 3.8) is 0 Å². The maximum atomic E-state index is 12.0. The minimum atomic E-state index is -0.190. The van der Waals surface area contributed by atoms with Crippen molar-refractivity contribution in [2.45, 2.75) is 25.0 Å². The van der Waals surface area contributed by atoms with Crippen LogP contribution < -0.4 is 15.8 Å². The number of nitrogens with zero attached hydrogens (tertiary/aromatic N) is 2. The molecule has 0 radical (unpaired) electrons. The predicted molar refractivity (Wildman–Crippen MR) is 89.2 cm³/mol. The normalized spacial score (nSPS) is 21.5. The molecule has 122 valence electrons. The van der Waals surface area contributed by atoms with Gasteiger partial charge in [0.05, 0.1) is 18.8 Å². The van der Waals surface area contributed by atoms with Crippen LogP contribution in [0.15, 0.2) is 30.3 Å². The highest BCUT2D eigenvalue weighted by molar-refractivity contribution is 5.84. The van der Waals surface area contributed by atoms with Crippen LogP contribution in [0.25, 0.3) is 10.9 Å². The molecule has 1 aliphatic rings. The van der Waals surface area contributed by atoms with Crippen LogP contribution in [0, 0.1) is 0 Å². The Kier molecular flexibility index (Phi) is 4.45. The third-order valence-corrected chi connectivity index (χ3v) is 4.31. The quantitative estimate of drug-likeness (QED) is 0.876. The largest absolute Gasteiger partial charge is 0.494 e. The fourth-order valence-corrected chi connectivity index (χ4v) is 3.17. The summed E-state index contributed by atoms with van der Waals surface area (Å²) in [6.07, 6.45) is 0.677. The van der Waals surface area contributed by atoms with Gasteiger partial charge in [-0.25, -0.2) is 4.98 Å². The Morgan fingerprint density at radius 2 is 2.26 bits per heavy atom. The molecular formula is C17H22N4O2. The van der Waals surface area contributed by atoms with Crippen molar-refractivity contribution in [3.8, 4) is 5.75 Å². The molecule has 6 heteroatoms. The number of nitrogens with two attached hydrogens (primary N) is 1. The van der Waals surface area contributed by atoms with Gasteiger partial charge in [0, 0.05) is 31.6 Å². The fourth-order valence-electron chi connectivity index (χ4n) is 3.17. The van der Waals surface area contributed by atoms with E-state index in [9.17, 15) is 4.79 Å². The van der Waals surface area contributed by atoms with Gasteiger partial charge in [0.25, 0.3) is 0 Å². The van der Waals surface area contributed by atoms with Gasteiger partial charge < -0.3 is 15.8 Å². The van der Waals surface area contributed by atoms with Gasteiger partial charge >= 0.3 is 0 Å². The second kappa shape index (κ2) is 6.52. The number of carbonyl (C=O) groups excluding carboxylic acids is 1.